The predicted octanol–water partition coefficient (Wildman–Crippen LogP) is 2.95. The van der Waals surface area contributed by atoms with Gasteiger partial charge in [0.15, 0.2) is 11.6 Å². The van der Waals surface area contributed by atoms with Crippen molar-refractivity contribution in [3.8, 4) is 0 Å². The summed E-state index contributed by atoms with van der Waals surface area (Å²) in [5.74, 6) is 0.803. The van der Waals surface area contributed by atoms with Crippen LogP contribution in [-0.2, 0) is 11.3 Å². The number of aromatic nitrogens is 2. The van der Waals surface area contributed by atoms with Gasteiger partial charge in [-0.05, 0) is 29.8 Å². The SMILES string of the molecule is CNC(=O)[C@H]1CC2=C(CN1C(=N)c1occc1CNc1ccc3nccnc3c1)NC1C=CC=CC21. The van der Waals surface area contributed by atoms with Crippen molar-refractivity contribution in [2.45, 2.75) is 25.0 Å². The van der Waals surface area contributed by atoms with Gasteiger partial charge in [-0.3, -0.25) is 20.2 Å². The molecule has 0 saturated carbocycles. The molecule has 2 aliphatic heterocycles. The molecule has 1 aliphatic carbocycles. The molecule has 0 radical (unpaired) electrons. The average Bonchev–Trinajstić information content (AvgIpc) is 3.54. The van der Waals surface area contributed by atoms with Crippen molar-refractivity contribution in [2.24, 2.45) is 5.92 Å². The number of carbonyl (C=O) groups is 1. The monoisotopic (exact) mass is 481 g/mol. The Bertz CT molecular complexity index is 1440. The van der Waals surface area contributed by atoms with Crippen LogP contribution in [0.3, 0.4) is 0 Å². The van der Waals surface area contributed by atoms with E-state index in [2.05, 4.69) is 44.1 Å². The van der Waals surface area contributed by atoms with Crippen LogP contribution < -0.4 is 16.0 Å². The first-order valence-electron chi connectivity index (χ1n) is 12.0. The summed E-state index contributed by atoms with van der Waals surface area (Å²) in [6.45, 7) is 0.919. The number of allylic oxidation sites excluding steroid dienone is 2. The maximum atomic E-state index is 12.9. The maximum absolute atomic E-state index is 12.9. The third-order valence-corrected chi connectivity index (χ3v) is 7.13. The smallest absolute Gasteiger partial charge is 0.242 e. The molecule has 2 aromatic heterocycles. The predicted molar refractivity (Wildman–Crippen MR) is 137 cm³/mol. The number of hydrogen-bond acceptors (Lipinski definition) is 7. The van der Waals surface area contributed by atoms with E-state index in [1.165, 1.54) is 5.57 Å². The van der Waals surface area contributed by atoms with Gasteiger partial charge < -0.3 is 25.3 Å². The number of furan rings is 1. The second-order valence-electron chi connectivity index (χ2n) is 9.17. The highest BCUT2D eigenvalue weighted by Gasteiger charge is 2.42. The van der Waals surface area contributed by atoms with Crippen LogP contribution in [0.15, 0.2) is 82.9 Å². The van der Waals surface area contributed by atoms with E-state index in [0.717, 1.165) is 28.0 Å². The minimum absolute atomic E-state index is 0.103. The highest BCUT2D eigenvalue weighted by atomic mass is 16.3. The number of amidine groups is 1. The zero-order chi connectivity index (χ0) is 24.6. The molecule has 0 bridgehead atoms. The molecule has 0 fully saturated rings. The summed E-state index contributed by atoms with van der Waals surface area (Å²) in [5.41, 5.74) is 5.72. The van der Waals surface area contributed by atoms with Gasteiger partial charge in [0.05, 0.1) is 29.9 Å². The molecule has 0 saturated heterocycles. The molecule has 4 heterocycles. The van der Waals surface area contributed by atoms with Crippen LogP contribution in [0, 0.1) is 11.3 Å². The Kier molecular flexibility index (Phi) is 5.52. The van der Waals surface area contributed by atoms with Crippen LogP contribution in [0.1, 0.15) is 17.7 Å². The van der Waals surface area contributed by atoms with Gasteiger partial charge in [0.25, 0.3) is 0 Å². The molecular weight excluding hydrogens is 454 g/mol. The Labute approximate surface area is 208 Å². The number of carbonyl (C=O) groups excluding carboxylic acids is 1. The first kappa shape index (κ1) is 22.1. The minimum atomic E-state index is -0.480. The maximum Gasteiger partial charge on any atom is 0.242 e. The van der Waals surface area contributed by atoms with Crippen LogP contribution in [0.25, 0.3) is 11.0 Å². The molecule has 6 rings (SSSR count). The zero-order valence-electron chi connectivity index (χ0n) is 19.9. The molecule has 9 heteroatoms. The van der Waals surface area contributed by atoms with Gasteiger partial charge >= 0.3 is 0 Å². The van der Waals surface area contributed by atoms with Crippen molar-refractivity contribution in [1.29, 1.82) is 5.41 Å². The lowest BCUT2D eigenvalue weighted by Crippen LogP contribution is -2.52. The summed E-state index contributed by atoms with van der Waals surface area (Å²) < 4.78 is 5.79. The molecule has 1 aromatic carbocycles. The van der Waals surface area contributed by atoms with E-state index in [9.17, 15) is 4.79 Å². The van der Waals surface area contributed by atoms with Crippen LogP contribution >= 0.6 is 0 Å². The van der Waals surface area contributed by atoms with Crippen molar-refractivity contribution in [3.05, 3.63) is 89.8 Å². The van der Waals surface area contributed by atoms with Gasteiger partial charge in [0.1, 0.15) is 6.04 Å². The number of amides is 1. The molecule has 0 spiro atoms. The van der Waals surface area contributed by atoms with Crippen molar-refractivity contribution in [2.75, 3.05) is 18.9 Å². The Morgan fingerprint density at radius 3 is 2.89 bits per heavy atom. The lowest BCUT2D eigenvalue weighted by Gasteiger charge is -2.37. The lowest BCUT2D eigenvalue weighted by atomic mass is 9.85. The summed E-state index contributed by atoms with van der Waals surface area (Å²) in [5, 5.41) is 18.8. The standard InChI is InChI=1S/C27H27N7O2/c1-29-27(35)24-13-19-18-4-2-3-5-20(18)33-23(19)15-34(24)26(28)25-16(8-11-36-25)14-32-17-6-7-21-22(12-17)31-10-9-30-21/h2-12,18,20,24,28,32-33H,13-15H2,1H3,(H,29,35)/t18?,20?,24-/m1/s1. The zero-order valence-corrected chi connectivity index (χ0v) is 19.9. The van der Waals surface area contributed by atoms with Gasteiger partial charge in [0.2, 0.25) is 5.91 Å². The quantitative estimate of drug-likeness (QED) is 0.327. The van der Waals surface area contributed by atoms with Crippen LogP contribution in [-0.4, -0.2) is 52.3 Å². The molecule has 36 heavy (non-hydrogen) atoms. The van der Waals surface area contributed by atoms with E-state index >= 15 is 0 Å². The second-order valence-corrected chi connectivity index (χ2v) is 9.17. The fourth-order valence-corrected chi connectivity index (χ4v) is 5.30. The molecular formula is C27H27N7O2. The summed E-state index contributed by atoms with van der Waals surface area (Å²) in [4.78, 5) is 23.4. The Morgan fingerprint density at radius 1 is 1.19 bits per heavy atom. The first-order chi connectivity index (χ1) is 17.6. The van der Waals surface area contributed by atoms with Crippen molar-refractivity contribution in [3.63, 3.8) is 0 Å². The largest absolute Gasteiger partial charge is 0.461 e. The van der Waals surface area contributed by atoms with Crippen molar-refractivity contribution >= 4 is 28.5 Å². The van der Waals surface area contributed by atoms with Gasteiger partial charge in [-0.15, -0.1) is 0 Å². The van der Waals surface area contributed by atoms with E-state index in [1.807, 2.05) is 35.2 Å². The third-order valence-electron chi connectivity index (χ3n) is 7.13. The van der Waals surface area contributed by atoms with Crippen LogP contribution in [0.5, 0.6) is 0 Å². The number of fused-ring (bicyclic) bond motifs is 3. The number of hydrogen-bond donors (Lipinski definition) is 4. The second kappa shape index (κ2) is 8.99. The molecule has 1 amide bonds. The van der Waals surface area contributed by atoms with Gasteiger partial charge in [-0.1, -0.05) is 24.3 Å². The Hall–Kier alpha value is -4.40. The Morgan fingerprint density at radius 2 is 2.03 bits per heavy atom. The highest BCUT2D eigenvalue weighted by Crippen LogP contribution is 2.38. The molecule has 3 aromatic rings. The number of anilines is 1. The molecule has 182 valence electrons. The van der Waals surface area contributed by atoms with E-state index < -0.39 is 6.04 Å². The minimum Gasteiger partial charge on any atom is -0.461 e. The fraction of sp³-hybridized carbons (Fsp3) is 0.259. The van der Waals surface area contributed by atoms with Gasteiger partial charge in [-0.25, -0.2) is 0 Å². The highest BCUT2D eigenvalue weighted by molar-refractivity contribution is 5.99. The fourth-order valence-electron chi connectivity index (χ4n) is 5.30. The summed E-state index contributed by atoms with van der Waals surface area (Å²) >= 11 is 0. The molecule has 2 unspecified atom stereocenters. The van der Waals surface area contributed by atoms with E-state index in [-0.39, 0.29) is 23.7 Å². The first-order valence-corrected chi connectivity index (χ1v) is 12.0. The summed E-state index contributed by atoms with van der Waals surface area (Å²) in [7, 11) is 1.64. The number of rotatable bonds is 5. The van der Waals surface area contributed by atoms with Crippen LogP contribution in [0.4, 0.5) is 5.69 Å². The summed E-state index contributed by atoms with van der Waals surface area (Å²) in [6, 6.07) is 7.41. The number of benzene rings is 1. The number of likely N-dealkylation sites (N-methyl/N-ethyl adjacent to an activating group) is 1. The number of nitrogens with one attached hydrogen (secondary N) is 4. The van der Waals surface area contributed by atoms with Gasteiger partial charge in [0, 0.05) is 55.3 Å². The van der Waals surface area contributed by atoms with E-state index in [1.54, 1.807) is 25.7 Å². The third kappa shape index (κ3) is 3.82. The number of nitrogens with zero attached hydrogens (tertiary/aromatic N) is 3. The summed E-state index contributed by atoms with van der Waals surface area (Å²) in [6.07, 6.45) is 14.0. The molecule has 9 nitrogen and oxygen atoms in total. The van der Waals surface area contributed by atoms with Crippen molar-refractivity contribution in [1.82, 2.24) is 25.5 Å². The molecule has 4 N–H and O–H groups in total. The van der Waals surface area contributed by atoms with E-state index in [4.69, 9.17) is 9.83 Å². The van der Waals surface area contributed by atoms with Crippen molar-refractivity contribution < 1.29 is 9.21 Å². The molecule has 3 atom stereocenters. The topological polar surface area (TPSA) is 119 Å². The van der Waals surface area contributed by atoms with Gasteiger partial charge in [-0.2, -0.15) is 0 Å². The van der Waals surface area contributed by atoms with E-state index in [0.29, 0.717) is 25.3 Å². The molecule has 3 aliphatic rings. The Balaban J connectivity index is 1.23. The normalized spacial score (nSPS) is 22.2. The lowest BCUT2D eigenvalue weighted by molar-refractivity contribution is -0.124. The average molecular weight is 482 g/mol. The van der Waals surface area contributed by atoms with Crippen LogP contribution in [0.2, 0.25) is 0 Å².